The van der Waals surface area contributed by atoms with Gasteiger partial charge in [0.25, 0.3) is 0 Å². The van der Waals surface area contributed by atoms with Gasteiger partial charge < -0.3 is 10.6 Å². The Morgan fingerprint density at radius 1 is 1.20 bits per heavy atom. The topological polar surface area (TPSA) is 46.3 Å². The van der Waals surface area contributed by atoms with Crippen LogP contribution in [0.4, 0.5) is 0 Å². The summed E-state index contributed by atoms with van der Waals surface area (Å²) < 4.78 is 0. The minimum Gasteiger partial charge on any atom is -0.349 e. The van der Waals surface area contributed by atoms with E-state index >= 15 is 0 Å². The first-order valence-electron chi connectivity index (χ1n) is 6.00. The molecule has 15 heavy (non-hydrogen) atoms. The van der Waals surface area contributed by atoms with E-state index in [1.165, 1.54) is 25.7 Å². The first-order chi connectivity index (χ1) is 7.09. The highest BCUT2D eigenvalue weighted by atomic mass is 16.2. The van der Waals surface area contributed by atoms with Crippen molar-refractivity contribution in [2.24, 2.45) is 11.1 Å². The van der Waals surface area contributed by atoms with Crippen LogP contribution in [0.1, 0.15) is 44.9 Å². The average Bonchev–Trinajstić information content (AvgIpc) is 2.44. The van der Waals surface area contributed by atoms with Crippen molar-refractivity contribution in [3.8, 4) is 0 Å². The first-order valence-corrected chi connectivity index (χ1v) is 6.00. The van der Waals surface area contributed by atoms with E-state index < -0.39 is 0 Å². The Bertz CT molecular complexity index is 206. The third-order valence-corrected chi connectivity index (χ3v) is 3.62. The Balaban J connectivity index is 2.61. The van der Waals surface area contributed by atoms with Crippen LogP contribution in [0.3, 0.4) is 0 Å². The van der Waals surface area contributed by atoms with E-state index in [-0.39, 0.29) is 11.3 Å². The maximum atomic E-state index is 11.8. The smallest absolute Gasteiger partial charge is 0.222 e. The molecule has 3 heteroatoms. The van der Waals surface area contributed by atoms with E-state index in [1.807, 2.05) is 14.1 Å². The summed E-state index contributed by atoms with van der Waals surface area (Å²) in [4.78, 5) is 13.4. The molecule has 1 aliphatic rings. The predicted octanol–water partition coefficient (Wildman–Crippen LogP) is 1.76. The molecule has 0 aromatic rings. The maximum Gasteiger partial charge on any atom is 0.222 e. The molecule has 0 radical (unpaired) electrons. The van der Waals surface area contributed by atoms with Crippen LogP contribution in [-0.4, -0.2) is 31.4 Å². The minimum atomic E-state index is 0.0951. The lowest BCUT2D eigenvalue weighted by atomic mass is 9.77. The third kappa shape index (κ3) is 3.49. The second kappa shape index (κ2) is 5.50. The summed E-state index contributed by atoms with van der Waals surface area (Å²) in [7, 11) is 3.65. The van der Waals surface area contributed by atoms with Crippen LogP contribution in [0, 0.1) is 5.41 Å². The van der Waals surface area contributed by atoms with Crippen LogP contribution in [0.15, 0.2) is 0 Å². The van der Waals surface area contributed by atoms with E-state index in [2.05, 4.69) is 0 Å². The molecule has 0 saturated heterocycles. The van der Waals surface area contributed by atoms with Crippen LogP contribution < -0.4 is 5.73 Å². The SMILES string of the molecule is CN(C)C(=O)CC1(CN)CCCCCC1. The zero-order valence-corrected chi connectivity index (χ0v) is 10.1. The fourth-order valence-electron chi connectivity index (χ4n) is 2.41. The van der Waals surface area contributed by atoms with Gasteiger partial charge in [-0.25, -0.2) is 0 Å². The number of nitrogens with two attached hydrogens (primary N) is 1. The Hall–Kier alpha value is -0.570. The highest BCUT2D eigenvalue weighted by molar-refractivity contribution is 5.76. The molecule has 0 atom stereocenters. The summed E-state index contributed by atoms with van der Waals surface area (Å²) in [6, 6.07) is 0. The summed E-state index contributed by atoms with van der Waals surface area (Å²) in [5.74, 6) is 0.224. The van der Waals surface area contributed by atoms with Crippen molar-refractivity contribution in [1.29, 1.82) is 0 Å². The summed E-state index contributed by atoms with van der Waals surface area (Å²) in [6.07, 6.45) is 7.97. The quantitative estimate of drug-likeness (QED) is 0.725. The zero-order chi connectivity index (χ0) is 11.3. The van der Waals surface area contributed by atoms with Crippen LogP contribution >= 0.6 is 0 Å². The molecule has 0 aromatic heterocycles. The Labute approximate surface area is 93.0 Å². The fourth-order valence-corrected chi connectivity index (χ4v) is 2.41. The van der Waals surface area contributed by atoms with Gasteiger partial charge in [0, 0.05) is 20.5 Å². The standard InChI is InChI=1S/C12H24N2O/c1-14(2)11(15)9-12(10-13)7-5-3-4-6-8-12/h3-10,13H2,1-2H3. The molecule has 1 amide bonds. The van der Waals surface area contributed by atoms with E-state index in [0.717, 1.165) is 12.8 Å². The van der Waals surface area contributed by atoms with Gasteiger partial charge in [-0.1, -0.05) is 25.7 Å². The van der Waals surface area contributed by atoms with E-state index in [9.17, 15) is 4.79 Å². The van der Waals surface area contributed by atoms with E-state index in [4.69, 9.17) is 5.73 Å². The van der Waals surface area contributed by atoms with Crippen LogP contribution in [0.25, 0.3) is 0 Å². The molecule has 2 N–H and O–H groups in total. The van der Waals surface area contributed by atoms with Crippen molar-refractivity contribution >= 4 is 5.91 Å². The van der Waals surface area contributed by atoms with Crippen LogP contribution in [0.5, 0.6) is 0 Å². The van der Waals surface area contributed by atoms with Gasteiger partial charge in [0.15, 0.2) is 0 Å². The number of nitrogens with zero attached hydrogens (tertiary/aromatic N) is 1. The molecular formula is C12H24N2O. The van der Waals surface area contributed by atoms with Gasteiger partial charge >= 0.3 is 0 Å². The van der Waals surface area contributed by atoms with E-state index in [1.54, 1.807) is 4.90 Å². The molecular weight excluding hydrogens is 188 g/mol. The summed E-state index contributed by atoms with van der Waals surface area (Å²) >= 11 is 0. The van der Waals surface area contributed by atoms with Gasteiger partial charge in [0.2, 0.25) is 5.91 Å². The number of rotatable bonds is 3. The molecule has 0 unspecified atom stereocenters. The predicted molar refractivity (Wildman–Crippen MR) is 62.5 cm³/mol. The molecule has 3 nitrogen and oxygen atoms in total. The summed E-state index contributed by atoms with van der Waals surface area (Å²) in [6.45, 7) is 0.659. The Kier molecular flexibility index (Phi) is 4.58. The molecule has 1 saturated carbocycles. The fraction of sp³-hybridized carbons (Fsp3) is 0.917. The molecule has 1 fully saturated rings. The zero-order valence-electron chi connectivity index (χ0n) is 10.1. The monoisotopic (exact) mass is 212 g/mol. The highest BCUT2D eigenvalue weighted by Crippen LogP contribution is 2.37. The van der Waals surface area contributed by atoms with Gasteiger partial charge in [0.1, 0.15) is 0 Å². The van der Waals surface area contributed by atoms with Gasteiger partial charge in [-0.2, -0.15) is 0 Å². The number of carbonyl (C=O) groups is 1. The Morgan fingerprint density at radius 3 is 2.13 bits per heavy atom. The maximum absolute atomic E-state index is 11.8. The van der Waals surface area contributed by atoms with Crippen molar-refractivity contribution in [3.05, 3.63) is 0 Å². The van der Waals surface area contributed by atoms with Gasteiger partial charge in [-0.15, -0.1) is 0 Å². The highest BCUT2D eigenvalue weighted by Gasteiger charge is 2.32. The van der Waals surface area contributed by atoms with Crippen molar-refractivity contribution in [2.45, 2.75) is 44.9 Å². The molecule has 1 aliphatic carbocycles. The average molecular weight is 212 g/mol. The van der Waals surface area contributed by atoms with Crippen molar-refractivity contribution < 1.29 is 4.79 Å². The lowest BCUT2D eigenvalue weighted by molar-refractivity contribution is -0.131. The van der Waals surface area contributed by atoms with Crippen molar-refractivity contribution in [1.82, 2.24) is 4.90 Å². The van der Waals surface area contributed by atoms with Gasteiger partial charge in [-0.05, 0) is 24.8 Å². The summed E-state index contributed by atoms with van der Waals surface area (Å²) in [5, 5.41) is 0. The minimum absolute atomic E-state index is 0.0951. The normalized spacial score (nSPS) is 20.7. The van der Waals surface area contributed by atoms with E-state index in [0.29, 0.717) is 13.0 Å². The molecule has 0 bridgehead atoms. The van der Waals surface area contributed by atoms with Gasteiger partial charge in [0.05, 0.1) is 0 Å². The van der Waals surface area contributed by atoms with Gasteiger partial charge in [-0.3, -0.25) is 4.79 Å². The number of hydrogen-bond acceptors (Lipinski definition) is 2. The Morgan fingerprint density at radius 2 is 1.73 bits per heavy atom. The lowest BCUT2D eigenvalue weighted by Gasteiger charge is -2.31. The molecule has 88 valence electrons. The first kappa shape index (κ1) is 12.5. The van der Waals surface area contributed by atoms with Crippen LogP contribution in [0.2, 0.25) is 0 Å². The second-order valence-corrected chi connectivity index (χ2v) is 5.08. The van der Waals surface area contributed by atoms with Crippen molar-refractivity contribution in [2.75, 3.05) is 20.6 Å². The summed E-state index contributed by atoms with van der Waals surface area (Å²) in [5.41, 5.74) is 5.98. The molecule has 1 rings (SSSR count). The molecule has 0 aliphatic heterocycles. The van der Waals surface area contributed by atoms with Crippen LogP contribution in [-0.2, 0) is 4.79 Å². The second-order valence-electron chi connectivity index (χ2n) is 5.08. The molecule has 0 spiro atoms. The molecule has 0 heterocycles. The number of carbonyl (C=O) groups excluding carboxylic acids is 1. The molecule has 0 aromatic carbocycles. The lowest BCUT2D eigenvalue weighted by Crippen LogP contribution is -2.36. The number of hydrogen-bond donors (Lipinski definition) is 1. The number of amides is 1. The largest absolute Gasteiger partial charge is 0.349 e. The third-order valence-electron chi connectivity index (χ3n) is 3.62. The van der Waals surface area contributed by atoms with Crippen molar-refractivity contribution in [3.63, 3.8) is 0 Å².